The lowest BCUT2D eigenvalue weighted by molar-refractivity contribution is -0.170. The number of hydrogen-bond acceptors (Lipinski definition) is 2. The fourth-order valence-electron chi connectivity index (χ4n) is 6.49. The van der Waals surface area contributed by atoms with Crippen molar-refractivity contribution >= 4 is 5.97 Å². The van der Waals surface area contributed by atoms with Crippen LogP contribution in [0.15, 0.2) is 12.2 Å². The van der Waals surface area contributed by atoms with Crippen LogP contribution in [0.1, 0.15) is 59.3 Å². The fraction of sp³-hybridized carbons (Fsp3) is 0.833. The average Bonchev–Trinajstić information content (AvgIpc) is 2.65. The Balaban J connectivity index is 1.65. The highest BCUT2D eigenvalue weighted by atomic mass is 16.6. The first-order valence-electron chi connectivity index (χ1n) is 8.17. The van der Waals surface area contributed by atoms with E-state index in [-0.39, 0.29) is 17.0 Å². The normalized spacial score (nSPS) is 47.9. The summed E-state index contributed by atoms with van der Waals surface area (Å²) in [6.07, 6.45) is 8.23. The lowest BCUT2D eigenvalue weighted by Crippen LogP contribution is -2.48. The van der Waals surface area contributed by atoms with Crippen LogP contribution in [0.2, 0.25) is 0 Å². The first-order chi connectivity index (χ1) is 9.28. The molecule has 4 rings (SSSR count). The van der Waals surface area contributed by atoms with E-state index in [0.29, 0.717) is 11.0 Å². The summed E-state index contributed by atoms with van der Waals surface area (Å²) in [6.45, 7) is 9.77. The van der Waals surface area contributed by atoms with Crippen molar-refractivity contribution in [1.82, 2.24) is 0 Å². The molecule has 4 aliphatic rings. The van der Waals surface area contributed by atoms with Crippen LogP contribution < -0.4 is 0 Å². The van der Waals surface area contributed by atoms with E-state index in [4.69, 9.17) is 4.74 Å². The molecule has 0 amide bonds. The molecule has 1 spiro atoms. The molecule has 0 aliphatic heterocycles. The molecule has 0 radical (unpaired) electrons. The molecule has 0 N–H and O–H groups in total. The molecule has 5 unspecified atom stereocenters. The number of ether oxygens (including phenoxy) is 1. The zero-order valence-electron chi connectivity index (χ0n) is 13.0. The Morgan fingerprint density at radius 3 is 2.65 bits per heavy atom. The molecule has 110 valence electrons. The minimum absolute atomic E-state index is 0.212. The van der Waals surface area contributed by atoms with Crippen molar-refractivity contribution in [3.63, 3.8) is 0 Å². The maximum Gasteiger partial charge on any atom is 0.333 e. The first kappa shape index (κ1) is 12.9. The number of esters is 1. The van der Waals surface area contributed by atoms with Crippen LogP contribution in [-0.4, -0.2) is 11.6 Å². The Morgan fingerprint density at radius 1 is 1.20 bits per heavy atom. The van der Waals surface area contributed by atoms with Crippen molar-refractivity contribution in [2.24, 2.45) is 28.6 Å². The third-order valence-corrected chi connectivity index (χ3v) is 7.44. The molecule has 2 heteroatoms. The third kappa shape index (κ3) is 1.33. The first-order valence-corrected chi connectivity index (χ1v) is 8.17. The Morgan fingerprint density at radius 2 is 1.95 bits per heavy atom. The molecule has 4 fully saturated rings. The van der Waals surface area contributed by atoms with Gasteiger partial charge in [0.15, 0.2) is 0 Å². The highest BCUT2D eigenvalue weighted by Crippen LogP contribution is 2.80. The van der Waals surface area contributed by atoms with Crippen LogP contribution in [0, 0.1) is 28.6 Å². The Hall–Kier alpha value is -0.790. The molecule has 0 aromatic rings. The quantitative estimate of drug-likeness (QED) is 0.572. The van der Waals surface area contributed by atoms with Gasteiger partial charge >= 0.3 is 5.97 Å². The van der Waals surface area contributed by atoms with E-state index in [2.05, 4.69) is 20.4 Å². The third-order valence-electron chi connectivity index (χ3n) is 7.44. The molecular weight excluding hydrogens is 248 g/mol. The van der Waals surface area contributed by atoms with E-state index in [1.54, 1.807) is 6.92 Å². The van der Waals surface area contributed by atoms with Crippen LogP contribution in [0.25, 0.3) is 0 Å². The van der Waals surface area contributed by atoms with Gasteiger partial charge in [-0.2, -0.15) is 0 Å². The second-order valence-corrected chi connectivity index (χ2v) is 8.71. The summed E-state index contributed by atoms with van der Waals surface area (Å²) in [6, 6.07) is 0. The lowest BCUT2D eigenvalue weighted by Gasteiger charge is -2.50. The second kappa shape index (κ2) is 3.51. The molecule has 3 bridgehead atoms. The zero-order valence-corrected chi connectivity index (χ0v) is 13.0. The Labute approximate surface area is 122 Å². The average molecular weight is 274 g/mol. The van der Waals surface area contributed by atoms with Gasteiger partial charge in [0.05, 0.1) is 0 Å². The van der Waals surface area contributed by atoms with Gasteiger partial charge in [0.2, 0.25) is 0 Å². The number of fused-ring (bicyclic) bond motifs is 2. The molecule has 20 heavy (non-hydrogen) atoms. The monoisotopic (exact) mass is 274 g/mol. The van der Waals surface area contributed by atoms with Crippen LogP contribution in [0.4, 0.5) is 0 Å². The largest absolute Gasteiger partial charge is 0.456 e. The summed E-state index contributed by atoms with van der Waals surface area (Å²) in [5.74, 6) is 2.59. The van der Waals surface area contributed by atoms with E-state index in [1.165, 1.54) is 38.5 Å². The predicted molar refractivity (Wildman–Crippen MR) is 78.0 cm³/mol. The maximum absolute atomic E-state index is 12.0. The SMILES string of the molecule is C=C(C)C(=O)OC(C)(C)C12CC3CC4CC(C1)C4(C3)C2. The standard InChI is InChI=1S/C18H26O2/c1-11(2)15(19)20-16(3,4)17-7-12-5-13-6-14(9-17)18(13,8-12)10-17/h12-14H,1,5-10H2,2-4H3. The molecule has 0 aromatic heterocycles. The van der Waals surface area contributed by atoms with Crippen LogP contribution in [0.5, 0.6) is 0 Å². The number of carbonyl (C=O) groups excluding carboxylic acids is 1. The van der Waals surface area contributed by atoms with Crippen molar-refractivity contribution in [3.05, 3.63) is 12.2 Å². The molecule has 4 saturated carbocycles. The van der Waals surface area contributed by atoms with Crippen molar-refractivity contribution in [3.8, 4) is 0 Å². The Bertz CT molecular complexity index is 502. The molecule has 5 atom stereocenters. The van der Waals surface area contributed by atoms with E-state index in [9.17, 15) is 4.79 Å². The van der Waals surface area contributed by atoms with Gasteiger partial charge in [-0.25, -0.2) is 4.79 Å². The number of carbonyl (C=O) groups is 1. The number of hydrogen-bond donors (Lipinski definition) is 0. The van der Waals surface area contributed by atoms with Gasteiger partial charge in [0.25, 0.3) is 0 Å². The van der Waals surface area contributed by atoms with Gasteiger partial charge in [0.1, 0.15) is 5.60 Å². The van der Waals surface area contributed by atoms with Crippen molar-refractivity contribution in [1.29, 1.82) is 0 Å². The highest BCUT2D eigenvalue weighted by molar-refractivity contribution is 5.87. The van der Waals surface area contributed by atoms with E-state index in [1.807, 2.05) is 0 Å². The van der Waals surface area contributed by atoms with Crippen LogP contribution in [0.3, 0.4) is 0 Å². The van der Waals surface area contributed by atoms with Gasteiger partial charge < -0.3 is 4.74 Å². The van der Waals surface area contributed by atoms with Gasteiger partial charge in [-0.05, 0) is 82.5 Å². The van der Waals surface area contributed by atoms with Gasteiger partial charge in [0, 0.05) is 11.0 Å². The van der Waals surface area contributed by atoms with Crippen molar-refractivity contribution in [2.75, 3.05) is 0 Å². The minimum Gasteiger partial charge on any atom is -0.456 e. The topological polar surface area (TPSA) is 26.3 Å². The Kier molecular flexibility index (Phi) is 2.27. The molecule has 0 heterocycles. The summed E-state index contributed by atoms with van der Waals surface area (Å²) < 4.78 is 5.91. The highest BCUT2D eigenvalue weighted by Gasteiger charge is 2.73. The molecule has 0 aromatic carbocycles. The van der Waals surface area contributed by atoms with E-state index >= 15 is 0 Å². The van der Waals surface area contributed by atoms with E-state index < -0.39 is 0 Å². The minimum atomic E-state index is -0.346. The molecule has 0 saturated heterocycles. The maximum atomic E-state index is 12.0. The summed E-state index contributed by atoms with van der Waals surface area (Å²) in [5.41, 5.74) is 1.05. The van der Waals surface area contributed by atoms with Crippen LogP contribution >= 0.6 is 0 Å². The smallest absolute Gasteiger partial charge is 0.333 e. The molecular formula is C18H26O2. The molecule has 2 nitrogen and oxygen atoms in total. The summed E-state index contributed by atoms with van der Waals surface area (Å²) >= 11 is 0. The van der Waals surface area contributed by atoms with Crippen molar-refractivity contribution in [2.45, 2.75) is 64.9 Å². The lowest BCUT2D eigenvalue weighted by atomic mass is 9.55. The van der Waals surface area contributed by atoms with Crippen molar-refractivity contribution < 1.29 is 9.53 Å². The van der Waals surface area contributed by atoms with E-state index in [0.717, 1.165) is 17.8 Å². The zero-order chi connectivity index (χ0) is 14.3. The van der Waals surface area contributed by atoms with Gasteiger partial charge in [-0.15, -0.1) is 0 Å². The van der Waals surface area contributed by atoms with Gasteiger partial charge in [-0.1, -0.05) is 6.58 Å². The fourth-order valence-corrected chi connectivity index (χ4v) is 6.49. The summed E-state index contributed by atoms with van der Waals surface area (Å²) in [7, 11) is 0. The van der Waals surface area contributed by atoms with Crippen LogP contribution in [-0.2, 0) is 9.53 Å². The second-order valence-electron chi connectivity index (χ2n) is 8.71. The predicted octanol–water partition coefficient (Wildman–Crippen LogP) is 4.10. The summed E-state index contributed by atoms with van der Waals surface area (Å²) in [5, 5.41) is 0. The number of rotatable bonds is 3. The summed E-state index contributed by atoms with van der Waals surface area (Å²) in [4.78, 5) is 12.0. The molecule has 4 aliphatic carbocycles. The van der Waals surface area contributed by atoms with Gasteiger partial charge in [-0.3, -0.25) is 0 Å².